The van der Waals surface area contributed by atoms with Gasteiger partial charge < -0.3 is 10.0 Å². The van der Waals surface area contributed by atoms with Gasteiger partial charge in [0.1, 0.15) is 11.6 Å². The summed E-state index contributed by atoms with van der Waals surface area (Å²) in [4.78, 5) is 9.89. The summed E-state index contributed by atoms with van der Waals surface area (Å²) >= 11 is 0. The second-order valence-corrected chi connectivity index (χ2v) is 7.31. The Hall–Kier alpha value is -1.81. The smallest absolute Gasteiger partial charge is 0.129 e. The number of phenolic OH excluding ortho intramolecular Hbond substituents is 1. The molecule has 2 fully saturated rings. The van der Waals surface area contributed by atoms with Crippen molar-refractivity contribution in [1.29, 1.82) is 0 Å². The second-order valence-electron chi connectivity index (χ2n) is 7.31. The molecule has 1 saturated heterocycles. The fourth-order valence-corrected chi connectivity index (χ4v) is 4.30. The lowest BCUT2D eigenvalue weighted by Crippen LogP contribution is -2.51. The SMILES string of the molecule is Cc1cc(N2CCN(C3CCCCC3)CC2)nc2cc(O)ccc12. The third kappa shape index (κ3) is 3.07. The summed E-state index contributed by atoms with van der Waals surface area (Å²) in [5.74, 6) is 1.34. The molecule has 0 spiro atoms. The standard InChI is InChI=1S/C20H27N3O/c1-15-13-20(21-19-14-17(24)7-8-18(15)19)23-11-9-22(10-12-23)16-5-3-2-4-6-16/h7-8,13-14,16,24H,2-6,9-12H2,1H3. The van der Waals surface area contributed by atoms with E-state index in [9.17, 15) is 5.11 Å². The number of piperazine rings is 1. The lowest BCUT2D eigenvalue weighted by molar-refractivity contribution is 0.147. The first-order valence-corrected chi connectivity index (χ1v) is 9.30. The van der Waals surface area contributed by atoms with Crippen LogP contribution >= 0.6 is 0 Å². The molecule has 2 aliphatic rings. The molecule has 1 N–H and O–H groups in total. The van der Waals surface area contributed by atoms with Gasteiger partial charge >= 0.3 is 0 Å². The normalized spacial score (nSPS) is 20.6. The highest BCUT2D eigenvalue weighted by Crippen LogP contribution is 2.27. The summed E-state index contributed by atoms with van der Waals surface area (Å²) < 4.78 is 0. The van der Waals surface area contributed by atoms with Crippen molar-refractivity contribution in [3.05, 3.63) is 29.8 Å². The molecule has 2 aromatic rings. The summed E-state index contributed by atoms with van der Waals surface area (Å²) in [6.07, 6.45) is 6.99. The van der Waals surface area contributed by atoms with Crippen LogP contribution in [0.3, 0.4) is 0 Å². The number of nitrogens with zero attached hydrogens (tertiary/aromatic N) is 3. The largest absolute Gasteiger partial charge is 0.508 e. The van der Waals surface area contributed by atoms with Gasteiger partial charge in [-0.1, -0.05) is 19.3 Å². The zero-order valence-electron chi connectivity index (χ0n) is 14.5. The van der Waals surface area contributed by atoms with Crippen LogP contribution in [0.1, 0.15) is 37.7 Å². The van der Waals surface area contributed by atoms with Crippen molar-refractivity contribution in [2.75, 3.05) is 31.1 Å². The van der Waals surface area contributed by atoms with Gasteiger partial charge in [0.15, 0.2) is 0 Å². The molecule has 24 heavy (non-hydrogen) atoms. The van der Waals surface area contributed by atoms with E-state index in [4.69, 9.17) is 4.98 Å². The monoisotopic (exact) mass is 325 g/mol. The summed E-state index contributed by atoms with van der Waals surface area (Å²) in [5, 5.41) is 10.9. The molecule has 4 nitrogen and oxygen atoms in total. The summed E-state index contributed by atoms with van der Waals surface area (Å²) in [6.45, 7) is 6.51. The van der Waals surface area contributed by atoms with Crippen molar-refractivity contribution >= 4 is 16.7 Å². The van der Waals surface area contributed by atoms with Crippen LogP contribution in [0.15, 0.2) is 24.3 Å². The van der Waals surface area contributed by atoms with Gasteiger partial charge in [-0.15, -0.1) is 0 Å². The predicted octanol–water partition coefficient (Wildman–Crippen LogP) is 3.70. The van der Waals surface area contributed by atoms with E-state index < -0.39 is 0 Å². The Bertz CT molecular complexity index is 716. The highest BCUT2D eigenvalue weighted by molar-refractivity contribution is 5.85. The Balaban J connectivity index is 1.50. The Labute approximate surface area is 144 Å². The number of fused-ring (bicyclic) bond motifs is 1. The maximum atomic E-state index is 9.74. The summed E-state index contributed by atoms with van der Waals surface area (Å²) in [5.41, 5.74) is 2.12. The number of phenols is 1. The number of pyridine rings is 1. The first kappa shape index (κ1) is 15.7. The van der Waals surface area contributed by atoms with Gasteiger partial charge in [-0.2, -0.15) is 0 Å². The van der Waals surface area contributed by atoms with E-state index in [1.807, 2.05) is 6.07 Å². The van der Waals surface area contributed by atoms with Crippen LogP contribution in [0, 0.1) is 6.92 Å². The number of aromatic nitrogens is 1. The molecule has 0 bridgehead atoms. The van der Waals surface area contributed by atoms with E-state index in [-0.39, 0.29) is 5.75 Å². The number of hydrogen-bond donors (Lipinski definition) is 1. The van der Waals surface area contributed by atoms with E-state index in [0.29, 0.717) is 0 Å². The highest BCUT2D eigenvalue weighted by atomic mass is 16.3. The zero-order chi connectivity index (χ0) is 16.5. The molecule has 0 atom stereocenters. The van der Waals surface area contributed by atoms with Crippen molar-refractivity contribution in [2.24, 2.45) is 0 Å². The average Bonchev–Trinajstić information content (AvgIpc) is 2.62. The molecule has 1 saturated carbocycles. The van der Waals surface area contributed by atoms with Crippen LogP contribution in [0.5, 0.6) is 5.75 Å². The number of benzene rings is 1. The van der Waals surface area contributed by atoms with E-state index in [2.05, 4.69) is 22.8 Å². The van der Waals surface area contributed by atoms with Crippen LogP contribution in [0.25, 0.3) is 10.9 Å². The Morgan fingerprint density at radius 3 is 2.50 bits per heavy atom. The number of rotatable bonds is 2. The van der Waals surface area contributed by atoms with E-state index in [1.165, 1.54) is 37.7 Å². The van der Waals surface area contributed by atoms with Crippen molar-refractivity contribution < 1.29 is 5.11 Å². The van der Waals surface area contributed by atoms with Crippen molar-refractivity contribution in [1.82, 2.24) is 9.88 Å². The minimum absolute atomic E-state index is 0.286. The lowest BCUT2D eigenvalue weighted by Gasteiger charge is -2.41. The Kier molecular flexibility index (Phi) is 4.31. The number of aryl methyl sites for hydroxylation is 1. The molecule has 4 heteroatoms. The molecular weight excluding hydrogens is 298 g/mol. The summed E-state index contributed by atoms with van der Waals surface area (Å²) in [6, 6.07) is 8.46. The Morgan fingerprint density at radius 1 is 1.00 bits per heavy atom. The number of anilines is 1. The van der Waals surface area contributed by atoms with E-state index in [1.54, 1.807) is 12.1 Å². The van der Waals surface area contributed by atoms with Crippen LogP contribution in [-0.2, 0) is 0 Å². The maximum Gasteiger partial charge on any atom is 0.129 e. The third-order valence-electron chi connectivity index (χ3n) is 5.72. The fraction of sp³-hybridized carbons (Fsp3) is 0.550. The van der Waals surface area contributed by atoms with E-state index >= 15 is 0 Å². The predicted molar refractivity (Wildman–Crippen MR) is 98.8 cm³/mol. The lowest BCUT2D eigenvalue weighted by atomic mass is 9.94. The molecule has 2 heterocycles. The molecule has 1 aliphatic carbocycles. The third-order valence-corrected chi connectivity index (χ3v) is 5.72. The zero-order valence-corrected chi connectivity index (χ0v) is 14.5. The molecule has 1 aliphatic heterocycles. The average molecular weight is 325 g/mol. The van der Waals surface area contributed by atoms with Crippen LogP contribution in [0.2, 0.25) is 0 Å². The van der Waals surface area contributed by atoms with Gasteiger partial charge in [-0.05, 0) is 43.5 Å². The van der Waals surface area contributed by atoms with Gasteiger partial charge in [0.05, 0.1) is 5.52 Å². The first-order valence-electron chi connectivity index (χ1n) is 9.30. The van der Waals surface area contributed by atoms with Crippen LogP contribution in [-0.4, -0.2) is 47.2 Å². The maximum absolute atomic E-state index is 9.74. The van der Waals surface area contributed by atoms with Crippen LogP contribution in [0.4, 0.5) is 5.82 Å². The first-order chi connectivity index (χ1) is 11.7. The molecule has 0 radical (unpaired) electrons. The molecule has 1 aromatic carbocycles. The number of aromatic hydroxyl groups is 1. The molecule has 0 amide bonds. The van der Waals surface area contributed by atoms with Gasteiger partial charge in [-0.3, -0.25) is 4.90 Å². The number of hydrogen-bond acceptors (Lipinski definition) is 4. The second kappa shape index (κ2) is 6.60. The fourth-order valence-electron chi connectivity index (χ4n) is 4.30. The van der Waals surface area contributed by atoms with Crippen molar-refractivity contribution in [2.45, 2.75) is 45.1 Å². The molecule has 128 valence electrons. The topological polar surface area (TPSA) is 39.6 Å². The van der Waals surface area contributed by atoms with Gasteiger partial charge in [0.2, 0.25) is 0 Å². The Morgan fingerprint density at radius 2 is 1.75 bits per heavy atom. The highest BCUT2D eigenvalue weighted by Gasteiger charge is 2.25. The minimum Gasteiger partial charge on any atom is -0.508 e. The van der Waals surface area contributed by atoms with Gasteiger partial charge in [0.25, 0.3) is 0 Å². The molecule has 1 aromatic heterocycles. The van der Waals surface area contributed by atoms with E-state index in [0.717, 1.165) is 48.9 Å². The van der Waals surface area contributed by atoms with Gasteiger partial charge in [-0.25, -0.2) is 4.98 Å². The molecular formula is C20H27N3O. The van der Waals surface area contributed by atoms with Crippen molar-refractivity contribution in [3.63, 3.8) is 0 Å². The minimum atomic E-state index is 0.286. The summed E-state index contributed by atoms with van der Waals surface area (Å²) in [7, 11) is 0. The molecule has 0 unspecified atom stereocenters. The van der Waals surface area contributed by atoms with Crippen molar-refractivity contribution in [3.8, 4) is 5.75 Å². The van der Waals surface area contributed by atoms with Gasteiger partial charge in [0, 0.05) is 43.7 Å². The quantitative estimate of drug-likeness (QED) is 0.914. The molecule has 4 rings (SSSR count). The van der Waals surface area contributed by atoms with Crippen LogP contribution < -0.4 is 4.90 Å².